The Morgan fingerprint density at radius 3 is 2.05 bits per heavy atom. The Morgan fingerprint density at radius 1 is 1.00 bits per heavy atom. The number of aliphatic carboxylic acids is 1. The Hall–Kier alpha value is -2.55. The van der Waals surface area contributed by atoms with Crippen molar-refractivity contribution in [3.05, 3.63) is 60.7 Å². The number of rotatable bonds is 3. The average Bonchev–Trinajstić information content (AvgIpc) is 2.74. The van der Waals surface area contributed by atoms with Gasteiger partial charge in [-0.05, 0) is 12.1 Å². The summed E-state index contributed by atoms with van der Waals surface area (Å²) < 4.78 is 2.13. The van der Waals surface area contributed by atoms with Crippen molar-refractivity contribution in [3.8, 4) is 0 Å². The molecule has 3 heteroatoms. The molecule has 0 spiro atoms. The number of aromatic nitrogens is 1. The third-order valence-electron chi connectivity index (χ3n) is 3.23. The number of hydrogen-bond donors (Lipinski definition) is 1. The minimum atomic E-state index is -0.916. The van der Waals surface area contributed by atoms with Gasteiger partial charge in [-0.15, -0.1) is 0 Å². The van der Waals surface area contributed by atoms with Crippen LogP contribution in [0.4, 0.5) is 0 Å². The summed E-state index contributed by atoms with van der Waals surface area (Å²) in [4.78, 5) is 10.6. The SMILES string of the molecule is O=C(O)C=CCn1c2ccccc2c2ccccc21. The smallest absolute Gasteiger partial charge is 0.328 e. The van der Waals surface area contributed by atoms with Crippen LogP contribution in [0.25, 0.3) is 21.8 Å². The summed E-state index contributed by atoms with van der Waals surface area (Å²) in [6, 6.07) is 16.3. The van der Waals surface area contributed by atoms with Gasteiger partial charge in [-0.3, -0.25) is 0 Å². The van der Waals surface area contributed by atoms with E-state index < -0.39 is 5.97 Å². The third kappa shape index (κ3) is 1.99. The van der Waals surface area contributed by atoms with Crippen LogP contribution in [0.1, 0.15) is 0 Å². The Morgan fingerprint density at radius 2 is 1.53 bits per heavy atom. The quantitative estimate of drug-likeness (QED) is 0.724. The number of carboxylic acid groups (broad SMARTS) is 1. The van der Waals surface area contributed by atoms with Gasteiger partial charge in [0.1, 0.15) is 0 Å². The van der Waals surface area contributed by atoms with Gasteiger partial charge >= 0.3 is 5.97 Å². The molecular weight excluding hydrogens is 238 g/mol. The van der Waals surface area contributed by atoms with Gasteiger partial charge in [0.05, 0.1) is 0 Å². The van der Waals surface area contributed by atoms with Crippen molar-refractivity contribution >= 4 is 27.8 Å². The van der Waals surface area contributed by atoms with E-state index in [1.165, 1.54) is 16.8 Å². The zero-order valence-corrected chi connectivity index (χ0v) is 10.3. The van der Waals surface area contributed by atoms with E-state index in [9.17, 15) is 4.79 Å². The van der Waals surface area contributed by atoms with Gasteiger partial charge in [0.2, 0.25) is 0 Å². The molecule has 0 aliphatic carbocycles. The molecule has 3 nitrogen and oxygen atoms in total. The van der Waals surface area contributed by atoms with Crippen molar-refractivity contribution in [2.75, 3.05) is 0 Å². The van der Waals surface area contributed by atoms with E-state index in [1.807, 2.05) is 24.3 Å². The number of fused-ring (bicyclic) bond motifs is 3. The molecule has 2 aromatic carbocycles. The van der Waals surface area contributed by atoms with E-state index in [0.29, 0.717) is 6.54 Å². The number of para-hydroxylation sites is 2. The number of hydrogen-bond acceptors (Lipinski definition) is 1. The normalized spacial score (nSPS) is 11.6. The molecular formula is C16H13NO2. The van der Waals surface area contributed by atoms with Gasteiger partial charge in [0.15, 0.2) is 0 Å². The molecule has 0 unspecified atom stereocenters. The van der Waals surface area contributed by atoms with Crippen molar-refractivity contribution in [2.24, 2.45) is 0 Å². The van der Waals surface area contributed by atoms with Crippen LogP contribution in [0.2, 0.25) is 0 Å². The molecule has 94 valence electrons. The van der Waals surface area contributed by atoms with Crippen LogP contribution < -0.4 is 0 Å². The molecule has 0 aliphatic rings. The largest absolute Gasteiger partial charge is 0.478 e. The Balaban J connectivity index is 2.22. The van der Waals surface area contributed by atoms with Gasteiger partial charge < -0.3 is 9.67 Å². The van der Waals surface area contributed by atoms with Gasteiger partial charge in [-0.2, -0.15) is 0 Å². The van der Waals surface area contributed by atoms with E-state index >= 15 is 0 Å². The van der Waals surface area contributed by atoms with Crippen LogP contribution >= 0.6 is 0 Å². The Bertz CT molecular complexity index is 730. The predicted molar refractivity (Wildman–Crippen MR) is 76.2 cm³/mol. The first-order valence-corrected chi connectivity index (χ1v) is 6.13. The zero-order valence-electron chi connectivity index (χ0n) is 10.3. The maximum absolute atomic E-state index is 10.6. The molecule has 0 radical (unpaired) electrons. The molecule has 3 rings (SSSR count). The maximum Gasteiger partial charge on any atom is 0.328 e. The van der Waals surface area contributed by atoms with Gasteiger partial charge in [0, 0.05) is 34.4 Å². The minimum absolute atomic E-state index is 0.556. The lowest BCUT2D eigenvalue weighted by molar-refractivity contribution is -0.131. The van der Waals surface area contributed by atoms with Crippen molar-refractivity contribution in [2.45, 2.75) is 6.54 Å². The molecule has 1 N–H and O–H groups in total. The molecule has 0 fully saturated rings. The lowest BCUT2D eigenvalue weighted by Crippen LogP contribution is -1.96. The molecule has 3 aromatic rings. The summed E-state index contributed by atoms with van der Waals surface area (Å²) in [7, 11) is 0. The molecule has 0 atom stereocenters. The van der Waals surface area contributed by atoms with Crippen molar-refractivity contribution in [1.82, 2.24) is 4.57 Å². The second-order valence-electron chi connectivity index (χ2n) is 4.39. The molecule has 19 heavy (non-hydrogen) atoms. The van der Waals surface area contributed by atoms with Crippen LogP contribution in [0.5, 0.6) is 0 Å². The van der Waals surface area contributed by atoms with Gasteiger partial charge in [-0.25, -0.2) is 4.79 Å². The highest BCUT2D eigenvalue weighted by atomic mass is 16.4. The lowest BCUT2D eigenvalue weighted by atomic mass is 10.2. The van der Waals surface area contributed by atoms with E-state index in [-0.39, 0.29) is 0 Å². The summed E-state index contributed by atoms with van der Waals surface area (Å²) in [6.45, 7) is 0.556. The summed E-state index contributed by atoms with van der Waals surface area (Å²) in [5.41, 5.74) is 2.25. The van der Waals surface area contributed by atoms with Crippen molar-refractivity contribution in [1.29, 1.82) is 0 Å². The second-order valence-corrected chi connectivity index (χ2v) is 4.39. The van der Waals surface area contributed by atoms with Crippen molar-refractivity contribution in [3.63, 3.8) is 0 Å². The number of carbonyl (C=O) groups is 1. The topological polar surface area (TPSA) is 42.2 Å². The minimum Gasteiger partial charge on any atom is -0.478 e. The van der Waals surface area contributed by atoms with E-state index in [1.54, 1.807) is 6.08 Å². The van der Waals surface area contributed by atoms with Crippen LogP contribution in [-0.4, -0.2) is 15.6 Å². The molecule has 1 heterocycles. The van der Waals surface area contributed by atoms with Crippen molar-refractivity contribution < 1.29 is 9.90 Å². The molecule has 0 saturated heterocycles. The maximum atomic E-state index is 10.6. The number of nitrogens with zero attached hydrogens (tertiary/aromatic N) is 1. The third-order valence-corrected chi connectivity index (χ3v) is 3.23. The first-order chi connectivity index (χ1) is 9.27. The van der Waals surface area contributed by atoms with Crippen LogP contribution in [-0.2, 0) is 11.3 Å². The molecule has 0 bridgehead atoms. The summed E-state index contributed by atoms with van der Waals surface area (Å²) in [5.74, 6) is -0.916. The average molecular weight is 251 g/mol. The zero-order chi connectivity index (χ0) is 13.2. The van der Waals surface area contributed by atoms with Gasteiger partial charge in [-0.1, -0.05) is 42.5 Å². The first-order valence-electron chi connectivity index (χ1n) is 6.13. The molecule has 1 aromatic heterocycles. The molecule has 0 amide bonds. The van der Waals surface area contributed by atoms with E-state index in [2.05, 4.69) is 28.8 Å². The highest BCUT2D eigenvalue weighted by molar-refractivity contribution is 6.07. The van der Waals surface area contributed by atoms with E-state index in [0.717, 1.165) is 11.0 Å². The summed E-state index contributed by atoms with van der Waals surface area (Å²) in [6.07, 6.45) is 2.85. The lowest BCUT2D eigenvalue weighted by Gasteiger charge is -2.02. The van der Waals surface area contributed by atoms with Gasteiger partial charge in [0.25, 0.3) is 0 Å². The van der Waals surface area contributed by atoms with Crippen LogP contribution in [0, 0.1) is 0 Å². The summed E-state index contributed by atoms with van der Waals surface area (Å²) in [5, 5.41) is 11.1. The monoisotopic (exact) mass is 251 g/mol. The predicted octanol–water partition coefficient (Wildman–Crippen LogP) is 3.44. The second kappa shape index (κ2) is 4.61. The van der Waals surface area contributed by atoms with E-state index in [4.69, 9.17) is 5.11 Å². The summed E-state index contributed by atoms with van der Waals surface area (Å²) >= 11 is 0. The fourth-order valence-electron chi connectivity index (χ4n) is 2.46. The highest BCUT2D eigenvalue weighted by Gasteiger charge is 2.07. The first kappa shape index (κ1) is 11.5. The fraction of sp³-hybridized carbons (Fsp3) is 0.0625. The number of carboxylic acids is 1. The Kier molecular flexibility index (Phi) is 2.80. The fourth-order valence-corrected chi connectivity index (χ4v) is 2.46. The molecule has 0 saturated carbocycles. The van der Waals surface area contributed by atoms with Crippen LogP contribution in [0.15, 0.2) is 60.7 Å². The highest BCUT2D eigenvalue weighted by Crippen LogP contribution is 2.28. The Labute approximate surface area is 110 Å². The number of allylic oxidation sites excluding steroid dienone is 1. The number of benzene rings is 2. The van der Waals surface area contributed by atoms with Crippen LogP contribution in [0.3, 0.4) is 0 Å². The standard InChI is InChI=1S/C16H13NO2/c18-16(19)10-5-11-17-14-8-3-1-6-12(14)13-7-2-4-9-15(13)17/h1-10H,11H2,(H,18,19). The molecule has 0 aliphatic heterocycles.